The maximum Gasteiger partial charge on any atom is 0.308 e. The predicted molar refractivity (Wildman–Crippen MR) is 128 cm³/mol. The lowest BCUT2D eigenvalue weighted by Crippen LogP contribution is -2.23. The van der Waals surface area contributed by atoms with Crippen molar-refractivity contribution in [3.63, 3.8) is 0 Å². The van der Waals surface area contributed by atoms with Gasteiger partial charge >= 0.3 is 4.87 Å². The number of halogens is 1. The van der Waals surface area contributed by atoms with E-state index in [0.717, 1.165) is 34.4 Å². The van der Waals surface area contributed by atoms with Gasteiger partial charge in [0.15, 0.2) is 0 Å². The van der Waals surface area contributed by atoms with Gasteiger partial charge in [0.05, 0.1) is 15.1 Å². The number of aromatic nitrogens is 1. The van der Waals surface area contributed by atoms with Crippen LogP contribution in [0.25, 0.3) is 10.2 Å². The van der Waals surface area contributed by atoms with Crippen LogP contribution in [0.4, 0.5) is 4.39 Å². The Bertz CT molecular complexity index is 1410. The molecule has 0 aliphatic heterocycles. The molecule has 0 aliphatic carbocycles. The Balaban J connectivity index is 1.39. The summed E-state index contributed by atoms with van der Waals surface area (Å²) in [6.45, 7) is 3.02. The summed E-state index contributed by atoms with van der Waals surface area (Å²) in [4.78, 5) is 12.2. The lowest BCUT2D eigenvalue weighted by molar-refractivity contribution is 0.306. The number of hydrogen-bond acceptors (Lipinski definition) is 5. The molecule has 1 heterocycles. The molecule has 0 aliphatic rings. The van der Waals surface area contributed by atoms with Gasteiger partial charge in [0.25, 0.3) is 0 Å². The van der Waals surface area contributed by atoms with Crippen molar-refractivity contribution < 1.29 is 17.5 Å². The van der Waals surface area contributed by atoms with Gasteiger partial charge in [-0.25, -0.2) is 17.5 Å². The molecule has 33 heavy (non-hydrogen) atoms. The fourth-order valence-corrected chi connectivity index (χ4v) is 5.44. The van der Waals surface area contributed by atoms with Crippen molar-refractivity contribution >= 4 is 31.6 Å². The Morgan fingerprint density at radius 3 is 2.39 bits per heavy atom. The van der Waals surface area contributed by atoms with Crippen LogP contribution in [0.15, 0.2) is 76.4 Å². The topological polar surface area (TPSA) is 77.4 Å². The molecule has 0 radical (unpaired) electrons. The van der Waals surface area contributed by atoms with Crippen LogP contribution in [0.5, 0.6) is 5.75 Å². The Kier molecular flexibility index (Phi) is 6.92. The zero-order valence-corrected chi connectivity index (χ0v) is 19.6. The first-order valence-corrected chi connectivity index (χ1v) is 12.7. The number of rotatable bonds is 9. The highest BCUT2D eigenvalue weighted by atomic mass is 32.2. The van der Waals surface area contributed by atoms with E-state index in [9.17, 15) is 17.6 Å². The number of ether oxygens (including phenoxy) is 1. The summed E-state index contributed by atoms with van der Waals surface area (Å²) in [5, 5.41) is 0. The van der Waals surface area contributed by atoms with Crippen LogP contribution in [0.1, 0.15) is 24.5 Å². The molecule has 4 aromatic rings. The van der Waals surface area contributed by atoms with Gasteiger partial charge in [0.1, 0.15) is 18.2 Å². The van der Waals surface area contributed by atoms with Gasteiger partial charge in [-0.1, -0.05) is 42.5 Å². The molecule has 1 aromatic heterocycles. The van der Waals surface area contributed by atoms with Crippen LogP contribution in [0.2, 0.25) is 0 Å². The summed E-state index contributed by atoms with van der Waals surface area (Å²) in [5.74, 6) is 0.332. The first-order valence-electron chi connectivity index (χ1n) is 10.4. The normalized spacial score (nSPS) is 11.7. The smallest absolute Gasteiger partial charge is 0.308 e. The highest BCUT2D eigenvalue weighted by Crippen LogP contribution is 2.22. The molecule has 0 saturated carbocycles. The SMILES string of the molecule is CCCn1c(=O)sc2cc(S(=O)(=O)NCc3ccc(OCc4ccc(F)cc4)cc3)ccc21. The van der Waals surface area contributed by atoms with Gasteiger partial charge in [0, 0.05) is 13.1 Å². The van der Waals surface area contributed by atoms with Crippen LogP contribution < -0.4 is 14.3 Å². The van der Waals surface area contributed by atoms with Gasteiger partial charge in [0.2, 0.25) is 10.0 Å². The summed E-state index contributed by atoms with van der Waals surface area (Å²) in [5.41, 5.74) is 2.37. The lowest BCUT2D eigenvalue weighted by atomic mass is 10.2. The molecular formula is C24H23FN2O4S2. The largest absolute Gasteiger partial charge is 0.489 e. The van der Waals surface area contributed by atoms with Crippen LogP contribution in [-0.2, 0) is 29.7 Å². The third-order valence-corrected chi connectivity index (χ3v) is 7.45. The molecule has 1 N–H and O–H groups in total. The molecule has 6 nitrogen and oxygen atoms in total. The average molecular weight is 487 g/mol. The number of fused-ring (bicyclic) bond motifs is 1. The van der Waals surface area contributed by atoms with Gasteiger partial charge in [-0.3, -0.25) is 9.36 Å². The van der Waals surface area contributed by atoms with Crippen molar-refractivity contribution in [2.45, 2.75) is 37.9 Å². The quantitative estimate of drug-likeness (QED) is 0.373. The van der Waals surface area contributed by atoms with Crippen LogP contribution in [-0.4, -0.2) is 13.0 Å². The van der Waals surface area contributed by atoms with Gasteiger partial charge < -0.3 is 4.74 Å². The summed E-state index contributed by atoms with van der Waals surface area (Å²) in [6.07, 6.45) is 0.823. The standard InChI is InChI=1S/C24H23FN2O4S2/c1-2-13-27-22-12-11-21(14-23(22)32-24(27)28)33(29,30)26-15-17-5-9-20(10-6-17)31-16-18-3-7-19(25)8-4-18/h3-12,14,26H,2,13,15-16H2,1H3. The monoisotopic (exact) mass is 486 g/mol. The predicted octanol–water partition coefficient (Wildman–Crippen LogP) is 4.67. The summed E-state index contributed by atoms with van der Waals surface area (Å²) in [7, 11) is -3.74. The molecular weight excluding hydrogens is 463 g/mol. The fourth-order valence-electron chi connectivity index (χ4n) is 3.36. The molecule has 172 valence electrons. The maximum atomic E-state index is 13.0. The summed E-state index contributed by atoms with van der Waals surface area (Å²) < 4.78 is 49.1. The first kappa shape index (κ1) is 23.2. The Morgan fingerprint density at radius 2 is 1.70 bits per heavy atom. The molecule has 0 amide bonds. The van der Waals surface area contributed by atoms with Crippen molar-refractivity contribution in [1.29, 1.82) is 0 Å². The zero-order chi connectivity index (χ0) is 23.4. The number of nitrogens with zero attached hydrogens (tertiary/aromatic N) is 1. The zero-order valence-electron chi connectivity index (χ0n) is 18.0. The molecule has 0 saturated heterocycles. The van der Waals surface area contributed by atoms with Gasteiger partial charge in [-0.05, 0) is 60.0 Å². The molecule has 0 unspecified atom stereocenters. The van der Waals surface area contributed by atoms with E-state index >= 15 is 0 Å². The van der Waals surface area contributed by atoms with Crippen LogP contribution in [0, 0.1) is 5.82 Å². The minimum atomic E-state index is -3.74. The number of sulfonamides is 1. The van der Waals surface area contributed by atoms with Crippen molar-refractivity contribution in [2.75, 3.05) is 0 Å². The number of thiazole rings is 1. The lowest BCUT2D eigenvalue weighted by Gasteiger charge is -2.09. The number of aryl methyl sites for hydroxylation is 1. The Labute approximate surface area is 195 Å². The van der Waals surface area contributed by atoms with E-state index < -0.39 is 10.0 Å². The Morgan fingerprint density at radius 1 is 1.00 bits per heavy atom. The number of nitrogens with one attached hydrogen (secondary N) is 1. The van der Waals surface area contributed by atoms with E-state index in [1.165, 1.54) is 18.2 Å². The van der Waals surface area contributed by atoms with E-state index in [4.69, 9.17) is 4.74 Å². The number of hydrogen-bond donors (Lipinski definition) is 1. The van der Waals surface area contributed by atoms with Crippen LogP contribution in [0.3, 0.4) is 0 Å². The second-order valence-corrected chi connectivity index (χ2v) is 10.3. The summed E-state index contributed by atoms with van der Waals surface area (Å²) in [6, 6.07) is 17.9. The third-order valence-electron chi connectivity index (χ3n) is 5.11. The minimum absolute atomic E-state index is 0.0870. The minimum Gasteiger partial charge on any atom is -0.489 e. The highest BCUT2D eigenvalue weighted by molar-refractivity contribution is 7.89. The van der Waals surface area contributed by atoms with Crippen molar-refractivity contribution in [3.8, 4) is 5.75 Å². The molecule has 0 bridgehead atoms. The van der Waals surface area contributed by atoms with E-state index in [-0.39, 0.29) is 22.1 Å². The van der Waals surface area contributed by atoms with E-state index in [1.807, 2.05) is 6.92 Å². The molecule has 0 spiro atoms. The highest BCUT2D eigenvalue weighted by Gasteiger charge is 2.16. The molecule has 4 rings (SSSR count). The van der Waals surface area contributed by atoms with E-state index in [2.05, 4.69) is 4.72 Å². The number of benzene rings is 3. The fraction of sp³-hybridized carbons (Fsp3) is 0.208. The second kappa shape index (κ2) is 9.86. The van der Waals surface area contributed by atoms with Crippen molar-refractivity contribution in [1.82, 2.24) is 9.29 Å². The molecule has 0 fully saturated rings. The van der Waals surface area contributed by atoms with Crippen molar-refractivity contribution in [3.05, 3.63) is 93.3 Å². The molecule has 3 aromatic carbocycles. The second-order valence-electron chi connectivity index (χ2n) is 7.53. The van der Waals surface area contributed by atoms with E-state index in [0.29, 0.717) is 23.6 Å². The van der Waals surface area contributed by atoms with Gasteiger partial charge in [-0.15, -0.1) is 0 Å². The average Bonchev–Trinajstić information content (AvgIpc) is 3.13. The van der Waals surface area contributed by atoms with Crippen LogP contribution >= 0.6 is 11.3 Å². The third kappa shape index (κ3) is 5.50. The Hall–Kier alpha value is -3.01. The van der Waals surface area contributed by atoms with E-state index in [1.54, 1.807) is 53.1 Å². The van der Waals surface area contributed by atoms with Gasteiger partial charge in [-0.2, -0.15) is 0 Å². The molecule has 0 atom stereocenters. The maximum absolute atomic E-state index is 13.0. The summed E-state index contributed by atoms with van der Waals surface area (Å²) >= 11 is 1.05. The molecule has 9 heteroatoms. The van der Waals surface area contributed by atoms with Crippen molar-refractivity contribution in [2.24, 2.45) is 0 Å². The first-order chi connectivity index (χ1) is 15.9.